The van der Waals surface area contributed by atoms with Crippen LogP contribution in [-0.2, 0) is 9.59 Å². The van der Waals surface area contributed by atoms with Gasteiger partial charge in [-0.2, -0.15) is 4.68 Å². The number of anilines is 2. The minimum absolute atomic E-state index is 0.328. The van der Waals surface area contributed by atoms with Gasteiger partial charge in [0.05, 0.1) is 23.6 Å². The number of nitrogens with zero attached hydrogens (tertiary/aromatic N) is 5. The molecule has 1 aliphatic rings. The zero-order valence-electron chi connectivity index (χ0n) is 20.7. The molecule has 0 aliphatic carbocycles. The second-order valence-electron chi connectivity index (χ2n) is 9.16. The van der Waals surface area contributed by atoms with Crippen LogP contribution in [0.2, 0.25) is 5.02 Å². The van der Waals surface area contributed by atoms with Crippen LogP contribution < -0.4 is 16.4 Å². The predicted molar refractivity (Wildman–Crippen MR) is 146 cm³/mol. The first-order chi connectivity index (χ1) is 18.9. The molecule has 3 heterocycles. The number of H-pyrrole nitrogens is 1. The Kier molecular flexibility index (Phi) is 7.55. The van der Waals surface area contributed by atoms with Crippen LogP contribution in [0.5, 0.6) is 0 Å². The van der Waals surface area contributed by atoms with E-state index in [1.54, 1.807) is 42.6 Å². The number of carboxylic acid groups (broad SMARTS) is 1. The predicted octanol–water partition coefficient (Wildman–Crippen LogP) is 3.60. The Labute approximate surface area is 228 Å². The molecule has 5 rings (SSSR count). The fourth-order valence-electron chi connectivity index (χ4n) is 4.51. The molecule has 0 fully saturated rings. The molecule has 0 saturated heterocycles. The molecule has 2 aromatic heterocycles. The molecule has 2 unspecified atom stereocenters. The number of nitrogens with one attached hydrogen (secondary N) is 3. The van der Waals surface area contributed by atoms with Crippen molar-refractivity contribution in [3.63, 3.8) is 0 Å². The lowest BCUT2D eigenvalue weighted by molar-refractivity contribution is -0.138. The molecule has 200 valence electrons. The molecule has 12 nitrogen and oxygen atoms in total. The summed E-state index contributed by atoms with van der Waals surface area (Å²) >= 11 is 6.18. The van der Waals surface area contributed by atoms with E-state index >= 15 is 0 Å². The minimum atomic E-state index is -0.942. The smallest absolute Gasteiger partial charge is 0.326 e. The number of tetrazole rings is 1. The van der Waals surface area contributed by atoms with Gasteiger partial charge in [0, 0.05) is 33.6 Å². The Balaban J connectivity index is 1.40. The number of carboxylic acids is 1. The average molecular weight is 548 g/mol. The molecule has 6 N–H and O–H groups in total. The number of fused-ring (bicyclic) bond motifs is 4. The molecule has 0 saturated carbocycles. The first kappa shape index (κ1) is 25.9. The van der Waals surface area contributed by atoms with Crippen LogP contribution in [0.25, 0.3) is 23.0 Å². The maximum Gasteiger partial charge on any atom is 0.326 e. The van der Waals surface area contributed by atoms with Crippen LogP contribution in [-0.4, -0.2) is 53.2 Å². The van der Waals surface area contributed by atoms with Gasteiger partial charge >= 0.3 is 5.97 Å². The van der Waals surface area contributed by atoms with Crippen molar-refractivity contribution in [1.29, 1.82) is 0 Å². The molecule has 0 radical (unpaired) electrons. The average Bonchev–Trinajstić information content (AvgIpc) is 3.61. The summed E-state index contributed by atoms with van der Waals surface area (Å²) < 4.78 is 1.48. The van der Waals surface area contributed by atoms with E-state index in [1.807, 2.05) is 6.07 Å². The number of carbonyl (C=O) groups excluding carboxylic acids is 1. The highest BCUT2D eigenvalue weighted by Crippen LogP contribution is 2.32. The monoisotopic (exact) mass is 547 g/mol. The summed E-state index contributed by atoms with van der Waals surface area (Å²) in [4.78, 5) is 32.8. The van der Waals surface area contributed by atoms with Crippen LogP contribution in [0, 0.1) is 0 Å². The molecule has 1 aliphatic heterocycles. The van der Waals surface area contributed by atoms with Crippen molar-refractivity contribution < 1.29 is 14.7 Å². The Morgan fingerprint density at radius 2 is 2.03 bits per heavy atom. The number of amides is 1. The van der Waals surface area contributed by atoms with Crippen LogP contribution in [0.3, 0.4) is 0 Å². The first-order valence-corrected chi connectivity index (χ1v) is 12.7. The van der Waals surface area contributed by atoms with Crippen LogP contribution in [0.4, 0.5) is 11.4 Å². The Bertz CT molecular complexity index is 1520. The number of halogens is 1. The largest absolute Gasteiger partial charge is 0.480 e. The highest BCUT2D eigenvalue weighted by Gasteiger charge is 2.23. The lowest BCUT2D eigenvalue weighted by Gasteiger charge is -2.21. The lowest BCUT2D eigenvalue weighted by atomic mass is 10.0. The van der Waals surface area contributed by atoms with Crippen molar-refractivity contribution in [2.45, 2.75) is 37.8 Å². The van der Waals surface area contributed by atoms with Gasteiger partial charge in [0.15, 0.2) is 0 Å². The summed E-state index contributed by atoms with van der Waals surface area (Å²) in [5, 5.41) is 27.6. The number of aromatic amines is 1. The van der Waals surface area contributed by atoms with Crippen molar-refractivity contribution in [1.82, 2.24) is 35.5 Å². The molecule has 4 aromatic rings. The quantitative estimate of drug-likeness (QED) is 0.184. The van der Waals surface area contributed by atoms with Crippen molar-refractivity contribution in [2.75, 3.05) is 11.1 Å². The van der Waals surface area contributed by atoms with Crippen molar-refractivity contribution in [2.24, 2.45) is 0 Å². The van der Waals surface area contributed by atoms with Gasteiger partial charge in [-0.15, -0.1) is 5.10 Å². The molecule has 13 heteroatoms. The number of rotatable bonds is 5. The molecular formula is C26H26ClN9O3. The number of aromatic nitrogens is 6. The molecule has 2 atom stereocenters. The normalized spacial score (nSPS) is 17.5. The van der Waals surface area contributed by atoms with E-state index in [0.29, 0.717) is 64.8 Å². The maximum absolute atomic E-state index is 13.0. The standard InChI is InChI=1S/C26H26ClN9O3/c27-16-6-9-23(36-14-30-34-35-36)15(11-16)5-10-24(37)32-19-3-1-2-4-20(26(38)39)31-21-12-17(28)7-8-18(21)22-13-29-25(19)33-22/h5-14,19-20,31H,1-4,28H2,(H,29,33)(H,32,37)(H,38,39). The first-order valence-electron chi connectivity index (χ1n) is 12.3. The third-order valence-corrected chi connectivity index (χ3v) is 6.67. The van der Waals surface area contributed by atoms with Gasteiger partial charge in [-0.25, -0.2) is 9.78 Å². The summed E-state index contributed by atoms with van der Waals surface area (Å²) in [6.45, 7) is 0. The Hall–Kier alpha value is -4.71. The SMILES string of the molecule is Nc1ccc2c(c1)NC(C(=O)O)CCCCC(NC(=O)C=Cc1cc(Cl)ccc1-n1cnnn1)c1ncc-2[nH]1. The van der Waals surface area contributed by atoms with E-state index in [9.17, 15) is 14.7 Å². The van der Waals surface area contributed by atoms with E-state index in [1.165, 1.54) is 17.1 Å². The molecule has 39 heavy (non-hydrogen) atoms. The van der Waals surface area contributed by atoms with Crippen LogP contribution >= 0.6 is 11.6 Å². The second-order valence-corrected chi connectivity index (χ2v) is 9.60. The number of imidazole rings is 1. The third kappa shape index (κ3) is 6.07. The number of hydrogen-bond acceptors (Lipinski definition) is 8. The summed E-state index contributed by atoms with van der Waals surface area (Å²) in [5.74, 6) is -0.671. The second kappa shape index (κ2) is 11.4. The van der Waals surface area contributed by atoms with Gasteiger partial charge in [-0.3, -0.25) is 4.79 Å². The molecule has 2 bridgehead atoms. The van der Waals surface area contributed by atoms with E-state index in [2.05, 4.69) is 36.1 Å². The summed E-state index contributed by atoms with van der Waals surface area (Å²) in [6.07, 6.45) is 8.48. The molecule has 2 aromatic carbocycles. The van der Waals surface area contributed by atoms with E-state index in [4.69, 9.17) is 17.3 Å². The molecule has 0 spiro atoms. The zero-order valence-corrected chi connectivity index (χ0v) is 21.5. The summed E-state index contributed by atoms with van der Waals surface area (Å²) in [6, 6.07) is 9.26. The number of hydrogen-bond donors (Lipinski definition) is 5. The Morgan fingerprint density at radius 1 is 1.18 bits per heavy atom. The van der Waals surface area contributed by atoms with Crippen molar-refractivity contribution in [3.8, 4) is 16.9 Å². The van der Waals surface area contributed by atoms with Crippen LogP contribution in [0.1, 0.15) is 43.1 Å². The third-order valence-electron chi connectivity index (χ3n) is 6.44. The summed E-state index contributed by atoms with van der Waals surface area (Å²) in [5.41, 5.74) is 9.82. The zero-order chi connectivity index (χ0) is 27.4. The summed E-state index contributed by atoms with van der Waals surface area (Å²) in [7, 11) is 0. The van der Waals surface area contributed by atoms with Crippen LogP contribution in [0.15, 0.2) is 55.0 Å². The molecular weight excluding hydrogens is 522 g/mol. The lowest BCUT2D eigenvalue weighted by Crippen LogP contribution is -2.30. The minimum Gasteiger partial charge on any atom is -0.480 e. The highest BCUT2D eigenvalue weighted by molar-refractivity contribution is 6.30. The van der Waals surface area contributed by atoms with Crippen molar-refractivity contribution >= 4 is 40.9 Å². The number of nitrogen functional groups attached to an aromatic ring is 1. The molecule has 1 amide bonds. The number of carbonyl (C=O) groups is 2. The van der Waals surface area contributed by atoms with E-state index < -0.39 is 18.1 Å². The van der Waals surface area contributed by atoms with Gasteiger partial charge in [-0.1, -0.05) is 24.4 Å². The van der Waals surface area contributed by atoms with E-state index in [-0.39, 0.29) is 5.91 Å². The van der Waals surface area contributed by atoms with Gasteiger partial charge < -0.3 is 26.5 Å². The number of aliphatic carboxylic acids is 1. The highest BCUT2D eigenvalue weighted by atomic mass is 35.5. The number of nitrogens with two attached hydrogens (primary N) is 1. The van der Waals surface area contributed by atoms with Gasteiger partial charge in [0.2, 0.25) is 5.91 Å². The maximum atomic E-state index is 13.0. The fourth-order valence-corrected chi connectivity index (χ4v) is 4.69. The van der Waals surface area contributed by atoms with Gasteiger partial charge in [-0.05, 0) is 65.7 Å². The van der Waals surface area contributed by atoms with E-state index in [0.717, 1.165) is 5.56 Å². The van der Waals surface area contributed by atoms with Crippen molar-refractivity contribution in [3.05, 3.63) is 71.4 Å². The van der Waals surface area contributed by atoms with Gasteiger partial charge in [0.1, 0.15) is 18.2 Å². The number of benzene rings is 2. The fraction of sp³-hybridized carbons (Fsp3) is 0.231. The Morgan fingerprint density at radius 3 is 2.82 bits per heavy atom. The van der Waals surface area contributed by atoms with Gasteiger partial charge in [0.25, 0.3) is 0 Å². The topological polar surface area (TPSA) is 177 Å².